The maximum Gasteiger partial charge on any atom is 2.00 e. The fraction of sp³-hybridized carbons (Fsp3) is 0.400. The van der Waals surface area contributed by atoms with E-state index in [1.165, 1.54) is 6.11 Å². The predicted molar refractivity (Wildman–Crippen MR) is 39.2 cm³/mol. The van der Waals surface area contributed by atoms with Gasteiger partial charge in [0, 0.05) is 0 Å². The fourth-order valence-corrected chi connectivity index (χ4v) is 0. The van der Waals surface area contributed by atoms with Crippen LogP contribution in [-0.2, 0) is 0 Å². The van der Waals surface area contributed by atoms with Gasteiger partial charge in [-0.15, -0.1) is 0 Å². The Kier molecular flexibility index (Phi) is 1260. The summed E-state index contributed by atoms with van der Waals surface area (Å²) in [7, 11) is 0.750. The van der Waals surface area contributed by atoms with E-state index in [4.69, 9.17) is 10.2 Å². The van der Waals surface area contributed by atoms with Gasteiger partial charge in [0.1, 0.15) is 6.11 Å². The van der Waals surface area contributed by atoms with Gasteiger partial charge >= 0.3 is 37.7 Å². The Bertz CT molecular complexity index is 33.7. The van der Waals surface area contributed by atoms with Gasteiger partial charge in [-0.2, -0.15) is 7.11 Å². The summed E-state index contributed by atoms with van der Waals surface area (Å²) < 4.78 is 0. The van der Waals surface area contributed by atoms with Crippen molar-refractivity contribution in [3.05, 3.63) is 7.43 Å². The number of aliphatic hydroxyl groups excluding tert-OH is 1. The van der Waals surface area contributed by atoms with Crippen molar-refractivity contribution in [2.45, 2.75) is 7.43 Å². The summed E-state index contributed by atoms with van der Waals surface area (Å²) in [4.78, 5) is 0. The molecule has 0 saturated heterocycles. The van der Waals surface area contributed by atoms with Crippen LogP contribution in [-0.4, -0.2) is 55.4 Å². The van der Waals surface area contributed by atoms with E-state index in [9.17, 15) is 0 Å². The third kappa shape index (κ3) is 1250. The third-order valence-electron chi connectivity index (χ3n) is 0. The van der Waals surface area contributed by atoms with Crippen molar-refractivity contribution in [1.29, 1.82) is 0 Å². The van der Waals surface area contributed by atoms with Crippen molar-refractivity contribution in [3.8, 4) is 12.5 Å². The van der Waals surface area contributed by atoms with Gasteiger partial charge in [-0.25, -0.2) is 0 Å². The van der Waals surface area contributed by atoms with Crippen molar-refractivity contribution < 1.29 is 15.7 Å². The molecular formula is C5H14CaO3. The number of rotatable bonds is 0. The molecule has 0 amide bonds. The van der Waals surface area contributed by atoms with E-state index in [0.717, 1.165) is 7.11 Å². The molecular weight excluding hydrogens is 148 g/mol. The Morgan fingerprint density at radius 3 is 1.44 bits per heavy atom. The van der Waals surface area contributed by atoms with Crippen LogP contribution >= 0.6 is 0 Å². The molecule has 0 unspecified atom stereocenters. The van der Waals surface area contributed by atoms with Gasteiger partial charge < -0.3 is 23.1 Å². The number of hydrogen-bond donors (Lipinski definition) is 1. The third-order valence-corrected chi connectivity index (χ3v) is 0. The molecule has 9 heavy (non-hydrogen) atoms. The van der Waals surface area contributed by atoms with Crippen LogP contribution in [0.25, 0.3) is 0 Å². The maximum absolute atomic E-state index is 8.25. The Hall–Kier alpha value is 0.540. The molecule has 0 radical (unpaired) electrons. The summed E-state index contributed by atoms with van der Waals surface area (Å²) in [5, 5.41) is 15.3. The molecule has 0 aromatic heterocycles. The summed E-state index contributed by atoms with van der Waals surface area (Å²) in [5.74, 6) is 0. The van der Waals surface area contributed by atoms with Crippen LogP contribution in [0, 0.1) is 20.0 Å². The molecule has 0 aromatic rings. The molecule has 0 aromatic carbocycles. The van der Waals surface area contributed by atoms with Gasteiger partial charge in [0.25, 0.3) is 0 Å². The average molecular weight is 162 g/mol. The molecule has 0 aliphatic carbocycles. The minimum Gasteiger partial charge on any atom is -0.857 e. The zero-order valence-corrected chi connectivity index (χ0v) is 7.35. The van der Waals surface area contributed by atoms with Crippen molar-refractivity contribution in [3.63, 3.8) is 0 Å². The average Bonchev–Trinajstić information content (AvgIpc) is 1.46. The maximum atomic E-state index is 8.25. The largest absolute Gasteiger partial charge is 2.00 e. The van der Waals surface area contributed by atoms with Crippen LogP contribution in [0.3, 0.4) is 0 Å². The van der Waals surface area contributed by atoms with E-state index < -0.39 is 0 Å². The molecule has 0 spiro atoms. The monoisotopic (exact) mass is 162 g/mol. The van der Waals surface area contributed by atoms with Gasteiger partial charge in [0.05, 0.1) is 0 Å². The summed E-state index contributed by atoms with van der Waals surface area (Å²) in [6.07, 6.45) is 5.40. The Morgan fingerprint density at radius 2 is 1.44 bits per heavy atom. The van der Waals surface area contributed by atoms with E-state index in [1.54, 1.807) is 0 Å². The molecule has 0 rings (SSSR count). The second-order valence-corrected chi connectivity index (χ2v) is 0.129. The summed E-state index contributed by atoms with van der Waals surface area (Å²) >= 11 is 0. The summed E-state index contributed by atoms with van der Waals surface area (Å²) in [5.41, 5.74) is 0. The standard InChI is InChI=1S/C2H2O.CH3O.CH4.CH3.Ca.H2O/c1-2-3;1-2;;;;/h1,3H;1H3;1H4;1H3;;1H2/q;-1;;-1;+2;. The predicted octanol–water partition coefficient (Wildman–Crippen LogP) is -1.19. The zero-order chi connectivity index (χ0) is 4.71. The summed E-state index contributed by atoms with van der Waals surface area (Å²) in [6.45, 7) is 0. The molecule has 4 heteroatoms. The van der Waals surface area contributed by atoms with E-state index in [0.29, 0.717) is 0 Å². The van der Waals surface area contributed by atoms with Gasteiger partial charge in [-0.1, -0.05) is 13.9 Å². The second-order valence-electron chi connectivity index (χ2n) is 0.129. The van der Waals surface area contributed by atoms with E-state index in [-0.39, 0.29) is 58.1 Å². The zero-order valence-electron chi connectivity index (χ0n) is 5.14. The van der Waals surface area contributed by atoms with Crippen LogP contribution < -0.4 is 5.11 Å². The SMILES string of the molecule is C.C#CO.C[O-].O.[CH3-].[Ca+2]. The van der Waals surface area contributed by atoms with Crippen molar-refractivity contribution in [2.75, 3.05) is 7.11 Å². The molecule has 3 nitrogen and oxygen atoms in total. The van der Waals surface area contributed by atoms with Crippen LogP contribution in [0.4, 0.5) is 0 Å². The molecule has 54 valence electrons. The van der Waals surface area contributed by atoms with E-state index >= 15 is 0 Å². The van der Waals surface area contributed by atoms with Gasteiger partial charge in [-0.05, 0) is 0 Å². The topological polar surface area (TPSA) is 74.8 Å². The Labute approximate surface area is 87.4 Å². The molecule has 0 fully saturated rings. The first-order valence-electron chi connectivity index (χ1n) is 0.921. The van der Waals surface area contributed by atoms with Crippen molar-refractivity contribution in [2.24, 2.45) is 0 Å². The minimum atomic E-state index is 0. The minimum absolute atomic E-state index is 0. The first kappa shape index (κ1) is 55.5. The van der Waals surface area contributed by atoms with Gasteiger partial charge in [0.2, 0.25) is 0 Å². The van der Waals surface area contributed by atoms with Crippen molar-refractivity contribution in [1.82, 2.24) is 0 Å². The first-order valence-corrected chi connectivity index (χ1v) is 0.921. The van der Waals surface area contributed by atoms with Crippen LogP contribution in [0.2, 0.25) is 0 Å². The first-order chi connectivity index (χ1) is 2.41. The van der Waals surface area contributed by atoms with Crippen molar-refractivity contribution >= 4 is 37.7 Å². The van der Waals surface area contributed by atoms with Gasteiger partial charge in [0.15, 0.2) is 0 Å². The number of terminal acetylenes is 1. The quantitative estimate of drug-likeness (QED) is 0.276. The second kappa shape index (κ2) is 205. The molecule has 0 bridgehead atoms. The Morgan fingerprint density at radius 1 is 1.44 bits per heavy atom. The molecule has 0 aliphatic heterocycles. The number of hydrogen-bond acceptors (Lipinski definition) is 2. The number of aliphatic hydroxyl groups is 1. The van der Waals surface area contributed by atoms with E-state index in [2.05, 4.69) is 6.42 Å². The fourth-order valence-electron chi connectivity index (χ4n) is 0. The van der Waals surface area contributed by atoms with Crippen LogP contribution in [0.5, 0.6) is 0 Å². The van der Waals surface area contributed by atoms with Crippen LogP contribution in [0.15, 0.2) is 0 Å². The normalized spacial score (nSPS) is 1.44. The molecule has 3 N–H and O–H groups in total. The molecule has 0 aliphatic rings. The smallest absolute Gasteiger partial charge is 0.857 e. The molecule has 0 atom stereocenters. The van der Waals surface area contributed by atoms with Crippen LogP contribution in [0.1, 0.15) is 7.43 Å². The summed E-state index contributed by atoms with van der Waals surface area (Å²) in [6, 6.07) is 0. The molecule has 0 heterocycles. The Balaban J connectivity index is -0.00000000357. The van der Waals surface area contributed by atoms with Gasteiger partial charge in [-0.3, -0.25) is 0 Å². The molecule has 0 saturated carbocycles. The van der Waals surface area contributed by atoms with E-state index in [1.807, 2.05) is 0 Å².